The van der Waals surface area contributed by atoms with Gasteiger partial charge in [0.25, 0.3) is 25.7 Å². The number of hydrogen-bond donors (Lipinski definition) is 5. The van der Waals surface area contributed by atoms with E-state index in [1.165, 1.54) is 119 Å². The number of aromatic nitrogens is 2. The molecule has 19 nitrogen and oxygen atoms in total. The Hall–Kier alpha value is -6.02. The van der Waals surface area contributed by atoms with Crippen molar-refractivity contribution >= 4 is 101 Å². The number of carbonyl (C=O) groups is 1. The zero-order valence-electron chi connectivity index (χ0n) is 42.7. The van der Waals surface area contributed by atoms with Crippen LogP contribution in [-0.2, 0) is 29.5 Å². The molecule has 1 aliphatic rings. The molecule has 0 saturated carbocycles. The lowest BCUT2D eigenvalue weighted by Crippen LogP contribution is -2.37. The molecule has 0 atom stereocenters. The lowest BCUT2D eigenvalue weighted by atomic mass is 10.0. The van der Waals surface area contributed by atoms with E-state index in [1.54, 1.807) is 18.7 Å². The monoisotopic (exact) mass is 1140 g/mol. The summed E-state index contributed by atoms with van der Waals surface area (Å²) in [5, 5.41) is 35.5. The van der Waals surface area contributed by atoms with Crippen molar-refractivity contribution in [1.29, 1.82) is 0 Å². The number of amides is 1. The van der Waals surface area contributed by atoms with Gasteiger partial charge in [-0.2, -0.15) is 10.2 Å². The summed E-state index contributed by atoms with van der Waals surface area (Å²) in [6, 6.07) is 11.6. The molecule has 0 spiro atoms. The highest BCUT2D eigenvalue weighted by atomic mass is 35.5. The number of phenolic OH excluding ortho intramolecular Hbond substituents is 2. The van der Waals surface area contributed by atoms with Crippen molar-refractivity contribution in [3.63, 3.8) is 0 Å². The number of ether oxygens (including phenoxy) is 3. The number of azo groups is 1. The Morgan fingerprint density at radius 3 is 2.05 bits per heavy atom. The van der Waals surface area contributed by atoms with Crippen LogP contribution < -0.4 is 24.4 Å². The summed E-state index contributed by atoms with van der Waals surface area (Å²) in [6.45, 7) is 15.1. The highest BCUT2D eigenvalue weighted by Crippen LogP contribution is 2.41. The van der Waals surface area contributed by atoms with Crippen LogP contribution in [0.5, 0.6) is 17.2 Å². The molecule has 6 rings (SSSR count). The van der Waals surface area contributed by atoms with Gasteiger partial charge >= 0.3 is 6.09 Å². The van der Waals surface area contributed by atoms with E-state index in [0.717, 1.165) is 36.1 Å². The highest BCUT2D eigenvalue weighted by molar-refractivity contribution is 7.93. The van der Waals surface area contributed by atoms with Crippen LogP contribution in [0.4, 0.5) is 44.7 Å². The van der Waals surface area contributed by atoms with Crippen LogP contribution in [0.15, 0.2) is 80.8 Å². The second-order valence-electron chi connectivity index (χ2n) is 18.1. The number of anilines is 4. The van der Waals surface area contributed by atoms with E-state index in [9.17, 15) is 31.8 Å². The fourth-order valence-corrected chi connectivity index (χ4v) is 11.8. The molecule has 5 aromatic rings. The number of phenols is 2. The number of aromatic hydroxyl groups is 2. The predicted molar refractivity (Wildman–Crippen MR) is 298 cm³/mol. The van der Waals surface area contributed by atoms with Gasteiger partial charge in [0.1, 0.15) is 21.3 Å². The average Bonchev–Trinajstić information content (AvgIpc) is 3.80. The van der Waals surface area contributed by atoms with E-state index >= 15 is 0 Å². The molecule has 76 heavy (non-hydrogen) atoms. The molecule has 0 aliphatic carbocycles. The Balaban J connectivity index is 1.16. The van der Waals surface area contributed by atoms with Crippen molar-refractivity contribution in [3.8, 4) is 22.9 Å². The largest absolute Gasteiger partial charge is 0.506 e. The van der Waals surface area contributed by atoms with Gasteiger partial charge in [0.15, 0.2) is 11.6 Å². The van der Waals surface area contributed by atoms with Crippen molar-refractivity contribution in [3.05, 3.63) is 92.8 Å². The molecular formula is C52H64Cl3N9O10S2. The molecule has 1 fully saturated rings. The number of unbranched alkanes of at least 4 members (excludes halogenated alkanes) is 13. The molecule has 410 valence electrons. The molecule has 1 aromatic heterocycles. The molecule has 1 aliphatic heterocycles. The number of nitrogens with one attached hydrogen (secondary N) is 3. The normalized spacial score (nSPS) is 12.9. The number of morpholine rings is 1. The summed E-state index contributed by atoms with van der Waals surface area (Å²) < 4.78 is 79.7. The molecule has 1 amide bonds. The Morgan fingerprint density at radius 1 is 0.763 bits per heavy atom. The molecule has 4 aromatic carbocycles. The highest BCUT2D eigenvalue weighted by Gasteiger charge is 2.28. The van der Waals surface area contributed by atoms with Crippen molar-refractivity contribution in [2.45, 2.75) is 120 Å². The molecular weight excluding hydrogens is 1080 g/mol. The number of nitrogens with zero attached hydrogens (tertiary/aromatic N) is 6. The number of sulfonamides is 2. The number of aryl methyl sites for hydroxylation is 1. The number of carbonyl (C=O) groups excluding carboxylic acids is 1. The van der Waals surface area contributed by atoms with Crippen molar-refractivity contribution in [1.82, 2.24) is 9.78 Å². The molecule has 24 heteroatoms. The van der Waals surface area contributed by atoms with E-state index in [1.807, 2.05) is 0 Å². The predicted octanol–water partition coefficient (Wildman–Crippen LogP) is 14.4. The summed E-state index contributed by atoms with van der Waals surface area (Å²) >= 11 is 19.6. The second kappa shape index (κ2) is 28.4. The van der Waals surface area contributed by atoms with Gasteiger partial charge in [0, 0.05) is 19.2 Å². The maximum Gasteiger partial charge on any atom is 0.411 e. The van der Waals surface area contributed by atoms with Gasteiger partial charge < -0.3 is 29.3 Å². The van der Waals surface area contributed by atoms with E-state index in [2.05, 4.69) is 41.9 Å². The summed E-state index contributed by atoms with van der Waals surface area (Å²) in [5.41, 5.74) is 0.417. The fraction of sp³-hybridized carbons (Fsp3) is 0.442. The average molecular weight is 1150 g/mol. The first-order chi connectivity index (χ1) is 36.5. The zero-order chi connectivity index (χ0) is 54.8. The molecule has 5 N–H and O–H groups in total. The van der Waals surface area contributed by atoms with Crippen LogP contribution in [0.2, 0.25) is 15.1 Å². The van der Waals surface area contributed by atoms with E-state index in [0.29, 0.717) is 44.2 Å². The van der Waals surface area contributed by atoms with Crippen LogP contribution >= 0.6 is 34.8 Å². The molecule has 1 saturated heterocycles. The van der Waals surface area contributed by atoms with E-state index in [-0.39, 0.29) is 77.9 Å². The smallest absolute Gasteiger partial charge is 0.411 e. The number of hydrogen-bond acceptors (Lipinski definition) is 14. The van der Waals surface area contributed by atoms with Gasteiger partial charge in [0.05, 0.1) is 88.4 Å². The minimum atomic E-state index is -4.61. The lowest BCUT2D eigenvalue weighted by molar-refractivity contribution is 0.122. The SMILES string of the molecule is [C-]#[N+]c1cnn(-c2cc(Cl)c(S(=O)(=O)Nc3ccc(N4CCOCC4)c(S(=O)(=O)Nc4cc(OCCCCCCCCCCCCCCCC)c(C)cc4O)c3)cc2Cl)c1N=Nc1cc(Cl)c(O)c(NC(=O)OCC)c1. The first-order valence-electron chi connectivity index (χ1n) is 25.3. The third-order valence-electron chi connectivity index (χ3n) is 12.3. The third kappa shape index (κ3) is 16.3. The van der Waals surface area contributed by atoms with Crippen LogP contribution in [0.25, 0.3) is 10.5 Å². The van der Waals surface area contributed by atoms with Crippen LogP contribution in [-0.4, -0.2) is 82.4 Å². The van der Waals surface area contributed by atoms with Gasteiger partial charge in [0.2, 0.25) is 0 Å². The zero-order valence-corrected chi connectivity index (χ0v) is 46.6. The van der Waals surface area contributed by atoms with Gasteiger partial charge in [-0.15, -0.1) is 5.11 Å². The molecule has 0 bridgehead atoms. The Kier molecular flexibility index (Phi) is 22.1. The van der Waals surface area contributed by atoms with E-state index in [4.69, 9.17) is 55.6 Å². The quantitative estimate of drug-likeness (QED) is 0.0136. The standard InChI is InChI=1S/C52H64Cl3N9O10S2/c1-5-7-8-9-10-11-12-13-14-15-16-17-18-19-24-74-47-33-41(46(65)27-35(47)3)62-76(70,71)49-30-36(20-21-44(49)63-22-25-72-26-23-63)61-75(68,69)48-32-38(53)45(31-39(48)54)64-51(43(56-4)34-57-64)60-59-37-28-40(55)50(66)42(29-37)58-52(67)73-6-2/h20-21,27-34,61-62,65-66H,5-19,22-26H2,1-3H3,(H,58,67). The van der Waals surface area contributed by atoms with Gasteiger partial charge in [-0.25, -0.2) is 31.2 Å². The number of rotatable bonds is 28. The summed E-state index contributed by atoms with van der Waals surface area (Å²) in [7, 11) is -9.16. The Morgan fingerprint density at radius 2 is 1.41 bits per heavy atom. The number of halogens is 3. The minimum Gasteiger partial charge on any atom is -0.506 e. The topological polar surface area (TPSA) is 240 Å². The molecule has 0 radical (unpaired) electrons. The van der Waals surface area contributed by atoms with Crippen molar-refractivity contribution < 1.29 is 46.1 Å². The van der Waals surface area contributed by atoms with Crippen molar-refractivity contribution in [2.75, 3.05) is 59.2 Å². The van der Waals surface area contributed by atoms with Crippen LogP contribution in [0.1, 0.15) is 109 Å². The summed E-state index contributed by atoms with van der Waals surface area (Å²) in [4.78, 5) is 16.5. The van der Waals surface area contributed by atoms with Crippen LogP contribution in [0.3, 0.4) is 0 Å². The van der Waals surface area contributed by atoms with Crippen LogP contribution in [0, 0.1) is 13.5 Å². The van der Waals surface area contributed by atoms with Gasteiger partial charge in [-0.1, -0.05) is 125 Å². The first-order valence-corrected chi connectivity index (χ1v) is 29.4. The van der Waals surface area contributed by atoms with E-state index < -0.39 is 36.8 Å². The maximum absolute atomic E-state index is 14.4. The summed E-state index contributed by atoms with van der Waals surface area (Å²) in [5.74, 6) is -0.540. The third-order valence-corrected chi connectivity index (χ3v) is 16.2. The maximum atomic E-state index is 14.4. The first kappa shape index (κ1) is 59.2. The molecule has 2 heterocycles. The minimum absolute atomic E-state index is 0.0000757. The van der Waals surface area contributed by atoms with Crippen molar-refractivity contribution in [2.24, 2.45) is 10.2 Å². The second-order valence-corrected chi connectivity index (χ2v) is 22.6. The lowest BCUT2D eigenvalue weighted by Gasteiger charge is -2.30. The Bertz CT molecular complexity index is 3110. The molecule has 0 unspecified atom stereocenters. The summed E-state index contributed by atoms with van der Waals surface area (Å²) in [6.07, 6.45) is 17.5. The fourth-order valence-electron chi connectivity index (χ4n) is 8.35. The van der Waals surface area contributed by atoms with Gasteiger partial charge in [-0.3, -0.25) is 14.8 Å². The van der Waals surface area contributed by atoms with Gasteiger partial charge in [-0.05, 0) is 74.4 Å². The number of benzene rings is 4. The Labute approximate surface area is 459 Å².